The molecule has 1 aromatic rings. The number of amides is 1. The van der Waals surface area contributed by atoms with E-state index in [0.29, 0.717) is 37.1 Å². The molecule has 0 unspecified atom stereocenters. The van der Waals surface area contributed by atoms with Gasteiger partial charge in [-0.3, -0.25) is 4.79 Å². The van der Waals surface area contributed by atoms with Crippen molar-refractivity contribution in [3.05, 3.63) is 30.3 Å². The van der Waals surface area contributed by atoms with Crippen molar-refractivity contribution in [2.75, 3.05) is 32.7 Å². The molecule has 0 saturated carbocycles. The van der Waals surface area contributed by atoms with Gasteiger partial charge in [-0.15, -0.1) is 12.4 Å². The first-order valence-corrected chi connectivity index (χ1v) is 10.00. The Balaban J connectivity index is 0.00000225. The zero-order valence-corrected chi connectivity index (χ0v) is 16.1. The number of piperazine rings is 1. The monoisotopic (exact) mass is 387 g/mol. The highest BCUT2D eigenvalue weighted by molar-refractivity contribution is 7.89. The van der Waals surface area contributed by atoms with E-state index in [9.17, 15) is 13.2 Å². The molecule has 2 heterocycles. The first kappa shape index (κ1) is 20.2. The number of rotatable bonds is 3. The number of benzene rings is 1. The number of piperidine rings is 1. The van der Waals surface area contributed by atoms with Crippen molar-refractivity contribution >= 4 is 28.3 Å². The quantitative estimate of drug-likeness (QED) is 0.849. The summed E-state index contributed by atoms with van der Waals surface area (Å²) < 4.78 is 26.7. The molecule has 0 bridgehead atoms. The maximum atomic E-state index is 12.7. The fourth-order valence-corrected chi connectivity index (χ4v) is 4.95. The van der Waals surface area contributed by atoms with Crippen LogP contribution in [0.1, 0.15) is 19.8 Å². The number of nitrogens with one attached hydrogen (secondary N) is 1. The van der Waals surface area contributed by atoms with Gasteiger partial charge in [0.05, 0.1) is 4.90 Å². The molecule has 2 aliphatic heterocycles. The smallest absolute Gasteiger partial charge is 0.243 e. The molecule has 3 rings (SSSR count). The van der Waals surface area contributed by atoms with Crippen molar-refractivity contribution in [2.24, 2.45) is 5.92 Å². The summed E-state index contributed by atoms with van der Waals surface area (Å²) in [6.45, 7) is 4.66. The fraction of sp³-hybridized carbons (Fsp3) is 0.588. The van der Waals surface area contributed by atoms with Crippen LogP contribution >= 0.6 is 12.4 Å². The van der Waals surface area contributed by atoms with Crippen LogP contribution in [-0.2, 0) is 14.8 Å². The molecule has 140 valence electrons. The molecule has 8 heteroatoms. The lowest BCUT2D eigenvalue weighted by Crippen LogP contribution is -2.53. The van der Waals surface area contributed by atoms with Crippen LogP contribution in [0, 0.1) is 5.92 Å². The molecule has 1 amide bonds. The third-order valence-electron chi connectivity index (χ3n) is 4.90. The van der Waals surface area contributed by atoms with Crippen LogP contribution in [0.25, 0.3) is 0 Å². The van der Waals surface area contributed by atoms with E-state index in [1.54, 1.807) is 30.3 Å². The van der Waals surface area contributed by atoms with E-state index in [0.717, 1.165) is 19.4 Å². The molecule has 0 aliphatic carbocycles. The number of halogens is 1. The van der Waals surface area contributed by atoms with Crippen LogP contribution in [0.2, 0.25) is 0 Å². The van der Waals surface area contributed by atoms with Crippen LogP contribution < -0.4 is 5.32 Å². The topological polar surface area (TPSA) is 69.7 Å². The van der Waals surface area contributed by atoms with Crippen molar-refractivity contribution in [3.8, 4) is 0 Å². The van der Waals surface area contributed by atoms with Crippen LogP contribution in [0.15, 0.2) is 35.2 Å². The molecule has 2 saturated heterocycles. The first-order chi connectivity index (χ1) is 11.5. The minimum absolute atomic E-state index is 0. The van der Waals surface area contributed by atoms with Crippen LogP contribution in [0.4, 0.5) is 0 Å². The van der Waals surface area contributed by atoms with E-state index in [4.69, 9.17) is 0 Å². The second-order valence-electron chi connectivity index (χ2n) is 6.62. The standard InChI is InChI=1S/C17H25N3O3S.ClH/c1-14-13-15(7-8-18-14)17(21)19-9-11-20(12-10-19)24(22,23)16-5-3-2-4-6-16;/h2-6,14-15,18H,7-13H2,1H3;1H/t14-,15-;/m0./s1. The van der Waals surface area contributed by atoms with Gasteiger partial charge in [0.2, 0.25) is 15.9 Å². The summed E-state index contributed by atoms with van der Waals surface area (Å²) in [7, 11) is -3.46. The lowest BCUT2D eigenvalue weighted by molar-refractivity contribution is -0.137. The Morgan fingerprint density at radius 1 is 1.12 bits per heavy atom. The zero-order chi connectivity index (χ0) is 17.2. The molecule has 0 aromatic heterocycles. The number of carbonyl (C=O) groups is 1. The molecule has 0 radical (unpaired) electrons. The average molecular weight is 388 g/mol. The molecule has 1 aromatic carbocycles. The van der Waals surface area contributed by atoms with Gasteiger partial charge in [-0.1, -0.05) is 18.2 Å². The lowest BCUT2D eigenvalue weighted by Gasteiger charge is -2.37. The molecule has 6 nitrogen and oxygen atoms in total. The van der Waals surface area contributed by atoms with Crippen molar-refractivity contribution in [1.82, 2.24) is 14.5 Å². The summed E-state index contributed by atoms with van der Waals surface area (Å²) in [5, 5.41) is 3.36. The van der Waals surface area contributed by atoms with Gasteiger partial charge in [-0.25, -0.2) is 8.42 Å². The summed E-state index contributed by atoms with van der Waals surface area (Å²) in [6.07, 6.45) is 1.73. The van der Waals surface area contributed by atoms with E-state index in [2.05, 4.69) is 12.2 Å². The highest BCUT2D eigenvalue weighted by atomic mass is 35.5. The number of hydrogen-bond donors (Lipinski definition) is 1. The zero-order valence-electron chi connectivity index (χ0n) is 14.4. The van der Waals surface area contributed by atoms with E-state index >= 15 is 0 Å². The van der Waals surface area contributed by atoms with Crippen LogP contribution in [-0.4, -0.2) is 62.3 Å². The SMILES string of the molecule is C[C@H]1C[C@@H](C(=O)N2CCN(S(=O)(=O)c3ccccc3)CC2)CCN1.Cl. The lowest BCUT2D eigenvalue weighted by atomic mass is 9.92. The Labute approximate surface area is 156 Å². The van der Waals surface area contributed by atoms with Crippen LogP contribution in [0.5, 0.6) is 0 Å². The minimum Gasteiger partial charge on any atom is -0.340 e. The number of hydrogen-bond acceptors (Lipinski definition) is 4. The molecule has 2 aliphatic rings. The largest absolute Gasteiger partial charge is 0.340 e. The van der Waals surface area contributed by atoms with Gasteiger partial charge < -0.3 is 10.2 Å². The number of nitrogens with zero attached hydrogens (tertiary/aromatic N) is 2. The van der Waals surface area contributed by atoms with Gasteiger partial charge in [0.1, 0.15) is 0 Å². The summed E-state index contributed by atoms with van der Waals surface area (Å²) in [6, 6.07) is 8.85. The molecule has 2 atom stereocenters. The van der Waals surface area contributed by atoms with Gasteiger partial charge in [0, 0.05) is 38.1 Å². The molecule has 2 fully saturated rings. The summed E-state index contributed by atoms with van der Waals surface area (Å²) in [4.78, 5) is 14.8. The Morgan fingerprint density at radius 2 is 1.76 bits per heavy atom. The van der Waals surface area contributed by atoms with Crippen molar-refractivity contribution in [3.63, 3.8) is 0 Å². The Morgan fingerprint density at radius 3 is 2.36 bits per heavy atom. The van der Waals surface area contributed by atoms with Crippen molar-refractivity contribution < 1.29 is 13.2 Å². The molecule has 0 spiro atoms. The normalized spacial score (nSPS) is 25.2. The molecule has 1 N–H and O–H groups in total. The maximum absolute atomic E-state index is 12.7. The predicted molar refractivity (Wildman–Crippen MR) is 99.2 cm³/mol. The summed E-state index contributed by atoms with van der Waals surface area (Å²) in [5.74, 6) is 0.249. The maximum Gasteiger partial charge on any atom is 0.243 e. The van der Waals surface area contributed by atoms with Crippen molar-refractivity contribution in [1.29, 1.82) is 0 Å². The number of carbonyl (C=O) groups excluding carboxylic acids is 1. The second kappa shape index (κ2) is 8.49. The Bertz CT molecular complexity index is 676. The highest BCUT2D eigenvalue weighted by Crippen LogP contribution is 2.22. The van der Waals surface area contributed by atoms with E-state index in [1.807, 2.05) is 4.90 Å². The molecular formula is C17H26ClN3O3S. The van der Waals surface area contributed by atoms with Gasteiger partial charge in [-0.05, 0) is 38.4 Å². The third-order valence-corrected chi connectivity index (χ3v) is 6.82. The van der Waals surface area contributed by atoms with Crippen molar-refractivity contribution in [2.45, 2.75) is 30.7 Å². The minimum atomic E-state index is -3.46. The molecular weight excluding hydrogens is 362 g/mol. The average Bonchev–Trinajstić information content (AvgIpc) is 2.62. The second-order valence-corrected chi connectivity index (χ2v) is 8.56. The Kier molecular flexibility index (Phi) is 6.85. The van der Waals surface area contributed by atoms with Gasteiger partial charge in [0.25, 0.3) is 0 Å². The number of sulfonamides is 1. The Hall–Kier alpha value is -1.15. The molecule has 25 heavy (non-hydrogen) atoms. The van der Waals surface area contributed by atoms with E-state index < -0.39 is 10.0 Å². The predicted octanol–water partition coefficient (Wildman–Crippen LogP) is 1.33. The highest BCUT2D eigenvalue weighted by Gasteiger charge is 2.33. The fourth-order valence-electron chi connectivity index (χ4n) is 3.50. The third kappa shape index (κ3) is 4.53. The van der Waals surface area contributed by atoms with Gasteiger partial charge >= 0.3 is 0 Å². The van der Waals surface area contributed by atoms with Crippen LogP contribution in [0.3, 0.4) is 0 Å². The van der Waals surface area contributed by atoms with Gasteiger partial charge in [0.15, 0.2) is 0 Å². The summed E-state index contributed by atoms with van der Waals surface area (Å²) in [5.41, 5.74) is 0. The van der Waals surface area contributed by atoms with E-state index in [-0.39, 0.29) is 24.2 Å². The van der Waals surface area contributed by atoms with E-state index in [1.165, 1.54) is 4.31 Å². The van der Waals surface area contributed by atoms with Gasteiger partial charge in [-0.2, -0.15) is 4.31 Å². The first-order valence-electron chi connectivity index (χ1n) is 8.56. The summed E-state index contributed by atoms with van der Waals surface area (Å²) >= 11 is 0.